The molecule has 0 unspecified atom stereocenters. The summed E-state index contributed by atoms with van der Waals surface area (Å²) in [7, 11) is 1.81. The molecule has 0 radical (unpaired) electrons. The number of unbranched alkanes of at least 4 members (excludes halogenated alkanes) is 3. The van der Waals surface area contributed by atoms with Crippen molar-refractivity contribution in [2.24, 2.45) is 7.05 Å². The number of aryl methyl sites for hydroxylation is 1. The van der Waals surface area contributed by atoms with Gasteiger partial charge in [-0.2, -0.15) is 5.10 Å². The highest BCUT2D eigenvalue weighted by atomic mass is 16.1. The predicted molar refractivity (Wildman–Crippen MR) is 60.6 cm³/mol. The highest BCUT2D eigenvalue weighted by Crippen LogP contribution is 2.07. The summed E-state index contributed by atoms with van der Waals surface area (Å²) in [6.45, 7) is 2.16. The molecule has 1 amide bonds. The molecule has 4 nitrogen and oxygen atoms in total. The molecule has 0 saturated carbocycles. The molecule has 0 atom stereocenters. The number of carbonyl (C=O) groups excluding carboxylic acids is 1. The van der Waals surface area contributed by atoms with Crippen molar-refractivity contribution >= 4 is 11.7 Å². The third-order valence-electron chi connectivity index (χ3n) is 2.35. The van der Waals surface area contributed by atoms with Crippen LogP contribution >= 0.6 is 0 Å². The number of hydrogen-bond donors (Lipinski definition) is 1. The van der Waals surface area contributed by atoms with E-state index in [4.69, 9.17) is 0 Å². The molecule has 1 aromatic heterocycles. The molecule has 1 rings (SSSR count). The largest absolute Gasteiger partial charge is 0.311 e. The summed E-state index contributed by atoms with van der Waals surface area (Å²) in [5.74, 6) is 0.838. The van der Waals surface area contributed by atoms with Crippen LogP contribution in [0.1, 0.15) is 39.0 Å². The second-order valence-electron chi connectivity index (χ2n) is 3.70. The van der Waals surface area contributed by atoms with Crippen LogP contribution in [0.15, 0.2) is 12.3 Å². The van der Waals surface area contributed by atoms with Crippen LogP contribution in [0.2, 0.25) is 0 Å². The van der Waals surface area contributed by atoms with Crippen LogP contribution < -0.4 is 5.32 Å². The first-order chi connectivity index (χ1) is 7.24. The maximum Gasteiger partial charge on any atom is 0.225 e. The lowest BCUT2D eigenvalue weighted by molar-refractivity contribution is -0.116. The molecular weight excluding hydrogens is 190 g/mol. The van der Waals surface area contributed by atoms with Crippen LogP contribution in [0.5, 0.6) is 0 Å². The Balaban J connectivity index is 2.22. The third kappa shape index (κ3) is 4.14. The second kappa shape index (κ2) is 6.22. The second-order valence-corrected chi connectivity index (χ2v) is 3.70. The van der Waals surface area contributed by atoms with E-state index in [1.165, 1.54) is 12.8 Å². The number of hydrogen-bond acceptors (Lipinski definition) is 2. The van der Waals surface area contributed by atoms with Gasteiger partial charge in [-0.3, -0.25) is 9.48 Å². The molecule has 0 fully saturated rings. The summed E-state index contributed by atoms with van der Waals surface area (Å²) in [4.78, 5) is 11.5. The van der Waals surface area contributed by atoms with Gasteiger partial charge >= 0.3 is 0 Å². The summed E-state index contributed by atoms with van der Waals surface area (Å²) in [5.41, 5.74) is 0. The fourth-order valence-corrected chi connectivity index (χ4v) is 1.41. The first-order valence-corrected chi connectivity index (χ1v) is 5.52. The van der Waals surface area contributed by atoms with Crippen LogP contribution in [0.4, 0.5) is 5.82 Å². The van der Waals surface area contributed by atoms with Crippen molar-refractivity contribution in [2.45, 2.75) is 39.0 Å². The van der Waals surface area contributed by atoms with Crippen molar-refractivity contribution in [3.63, 3.8) is 0 Å². The quantitative estimate of drug-likeness (QED) is 0.731. The van der Waals surface area contributed by atoms with Gasteiger partial charge in [0.05, 0.1) is 6.20 Å². The molecule has 0 aromatic carbocycles. The monoisotopic (exact) mass is 209 g/mol. The Morgan fingerprint density at radius 2 is 2.27 bits per heavy atom. The van der Waals surface area contributed by atoms with Crippen LogP contribution in [-0.2, 0) is 11.8 Å². The third-order valence-corrected chi connectivity index (χ3v) is 2.35. The van der Waals surface area contributed by atoms with Crippen molar-refractivity contribution in [3.8, 4) is 0 Å². The predicted octanol–water partition coefficient (Wildman–Crippen LogP) is 2.33. The standard InChI is InChI=1S/C11H19N3O/c1-3-4-5-6-7-11(15)13-10-8-9-12-14(10)2/h8-9H,3-7H2,1-2H3,(H,13,15). The van der Waals surface area contributed by atoms with E-state index >= 15 is 0 Å². The lowest BCUT2D eigenvalue weighted by Gasteiger charge is -2.04. The molecule has 0 aliphatic rings. The van der Waals surface area contributed by atoms with Crippen LogP contribution in [0.25, 0.3) is 0 Å². The minimum absolute atomic E-state index is 0.0784. The van der Waals surface area contributed by atoms with Gasteiger partial charge in [-0.05, 0) is 6.42 Å². The van der Waals surface area contributed by atoms with Gasteiger partial charge in [-0.15, -0.1) is 0 Å². The fourth-order valence-electron chi connectivity index (χ4n) is 1.41. The smallest absolute Gasteiger partial charge is 0.225 e. The van der Waals surface area contributed by atoms with Gasteiger partial charge in [0, 0.05) is 19.5 Å². The Bertz CT molecular complexity index is 307. The zero-order valence-corrected chi connectivity index (χ0v) is 9.49. The summed E-state index contributed by atoms with van der Waals surface area (Å²) >= 11 is 0. The molecule has 84 valence electrons. The molecule has 0 saturated heterocycles. The highest BCUT2D eigenvalue weighted by Gasteiger charge is 2.04. The molecule has 1 aromatic rings. The Morgan fingerprint density at radius 1 is 1.47 bits per heavy atom. The molecule has 0 aliphatic carbocycles. The van der Waals surface area contributed by atoms with E-state index in [2.05, 4.69) is 17.3 Å². The Labute approximate surface area is 90.7 Å². The number of anilines is 1. The maximum absolute atomic E-state index is 11.5. The van der Waals surface area contributed by atoms with Crippen molar-refractivity contribution in [1.29, 1.82) is 0 Å². The van der Waals surface area contributed by atoms with E-state index in [0.717, 1.165) is 18.7 Å². The number of amides is 1. The minimum Gasteiger partial charge on any atom is -0.311 e. The maximum atomic E-state index is 11.5. The number of aromatic nitrogens is 2. The summed E-state index contributed by atoms with van der Waals surface area (Å²) < 4.78 is 1.66. The van der Waals surface area contributed by atoms with Crippen LogP contribution in [-0.4, -0.2) is 15.7 Å². The first kappa shape index (κ1) is 11.8. The van der Waals surface area contributed by atoms with Crippen molar-refractivity contribution in [3.05, 3.63) is 12.3 Å². The van der Waals surface area contributed by atoms with Crippen molar-refractivity contribution < 1.29 is 4.79 Å². The Morgan fingerprint density at radius 3 is 2.87 bits per heavy atom. The molecule has 0 aliphatic heterocycles. The first-order valence-electron chi connectivity index (χ1n) is 5.52. The van der Waals surface area contributed by atoms with E-state index in [9.17, 15) is 4.79 Å². The van der Waals surface area contributed by atoms with E-state index in [1.807, 2.05) is 7.05 Å². The molecule has 1 N–H and O–H groups in total. The van der Waals surface area contributed by atoms with Gasteiger partial charge in [0.2, 0.25) is 5.91 Å². The van der Waals surface area contributed by atoms with E-state index in [1.54, 1.807) is 16.9 Å². The van der Waals surface area contributed by atoms with Gasteiger partial charge in [0.1, 0.15) is 5.82 Å². The fraction of sp³-hybridized carbons (Fsp3) is 0.636. The Kier molecular flexibility index (Phi) is 4.87. The van der Waals surface area contributed by atoms with Crippen molar-refractivity contribution in [1.82, 2.24) is 9.78 Å². The van der Waals surface area contributed by atoms with Gasteiger partial charge in [-0.1, -0.05) is 26.2 Å². The molecule has 4 heteroatoms. The molecule has 0 bridgehead atoms. The summed E-state index contributed by atoms with van der Waals surface area (Å²) in [6, 6.07) is 1.80. The minimum atomic E-state index is 0.0784. The number of nitrogens with zero attached hydrogens (tertiary/aromatic N) is 2. The van der Waals surface area contributed by atoms with Gasteiger partial charge in [-0.25, -0.2) is 0 Å². The number of rotatable bonds is 6. The zero-order chi connectivity index (χ0) is 11.1. The zero-order valence-electron chi connectivity index (χ0n) is 9.49. The van der Waals surface area contributed by atoms with Crippen LogP contribution in [0.3, 0.4) is 0 Å². The van der Waals surface area contributed by atoms with Crippen LogP contribution in [0, 0.1) is 0 Å². The SMILES string of the molecule is CCCCCCC(=O)Nc1ccnn1C. The van der Waals surface area contributed by atoms with E-state index < -0.39 is 0 Å². The van der Waals surface area contributed by atoms with Gasteiger partial charge in [0.15, 0.2) is 0 Å². The molecule has 1 heterocycles. The molecule has 0 spiro atoms. The Hall–Kier alpha value is -1.32. The van der Waals surface area contributed by atoms with E-state index in [0.29, 0.717) is 6.42 Å². The normalized spacial score (nSPS) is 10.3. The average Bonchev–Trinajstić information content (AvgIpc) is 2.59. The number of nitrogens with one attached hydrogen (secondary N) is 1. The lowest BCUT2D eigenvalue weighted by atomic mass is 10.1. The van der Waals surface area contributed by atoms with Gasteiger partial charge < -0.3 is 5.32 Å². The molecular formula is C11H19N3O. The van der Waals surface area contributed by atoms with Gasteiger partial charge in [0.25, 0.3) is 0 Å². The number of carbonyl (C=O) groups is 1. The van der Waals surface area contributed by atoms with E-state index in [-0.39, 0.29) is 5.91 Å². The lowest BCUT2D eigenvalue weighted by Crippen LogP contribution is -2.13. The topological polar surface area (TPSA) is 46.9 Å². The highest BCUT2D eigenvalue weighted by molar-refractivity contribution is 5.89. The summed E-state index contributed by atoms with van der Waals surface area (Å²) in [5, 5.41) is 6.81. The molecule has 15 heavy (non-hydrogen) atoms. The average molecular weight is 209 g/mol. The van der Waals surface area contributed by atoms with Crippen molar-refractivity contribution in [2.75, 3.05) is 5.32 Å². The summed E-state index contributed by atoms with van der Waals surface area (Å²) in [6.07, 6.45) is 6.78.